The molecule has 2 fully saturated rings. The van der Waals surface area contributed by atoms with Gasteiger partial charge in [-0.3, -0.25) is 0 Å². The third-order valence-electron chi connectivity index (χ3n) is 5.38. The Morgan fingerprint density at radius 2 is 2.04 bits per heavy atom. The quantitative estimate of drug-likeness (QED) is 0.642. The highest BCUT2D eigenvalue weighted by atomic mass is 16.5. The van der Waals surface area contributed by atoms with Gasteiger partial charge in [-0.1, -0.05) is 25.7 Å². The molecule has 2 atom stereocenters. The molecule has 6 nitrogen and oxygen atoms in total. The van der Waals surface area contributed by atoms with Crippen molar-refractivity contribution in [2.75, 3.05) is 25.1 Å². The summed E-state index contributed by atoms with van der Waals surface area (Å²) in [5.41, 5.74) is 0.451. The number of rotatable bonds is 4. The summed E-state index contributed by atoms with van der Waals surface area (Å²) < 4.78 is 4.85. The van der Waals surface area contributed by atoms with Crippen LogP contribution in [0.4, 0.5) is 5.82 Å². The van der Waals surface area contributed by atoms with Crippen LogP contribution in [0.5, 0.6) is 0 Å². The number of nitrogens with one attached hydrogen (secondary N) is 1. The van der Waals surface area contributed by atoms with Gasteiger partial charge in [0.2, 0.25) is 0 Å². The summed E-state index contributed by atoms with van der Waals surface area (Å²) in [5.74, 6) is 0.206. The number of methoxy groups -OCH3 is 1. The summed E-state index contributed by atoms with van der Waals surface area (Å²) in [5, 5.41) is 14.3. The minimum absolute atomic E-state index is 0.115. The number of ether oxygens (including phenoxy) is 1. The molecule has 2 unspecified atom stereocenters. The Morgan fingerprint density at radius 1 is 1.28 bits per heavy atom. The van der Waals surface area contributed by atoms with Crippen LogP contribution in [0, 0.1) is 0 Å². The number of esters is 1. The third kappa shape index (κ3) is 4.50. The molecule has 2 N–H and O–H groups in total. The molecule has 2 aliphatic rings. The normalized spacial score (nSPS) is 25.4. The summed E-state index contributed by atoms with van der Waals surface area (Å²) >= 11 is 0. The highest BCUT2D eigenvalue weighted by molar-refractivity contribution is 5.94. The summed E-state index contributed by atoms with van der Waals surface area (Å²) in [7, 11) is 1.37. The Kier molecular flexibility index (Phi) is 6.26. The first kappa shape index (κ1) is 18.1. The van der Waals surface area contributed by atoms with Crippen LogP contribution in [0.3, 0.4) is 0 Å². The van der Waals surface area contributed by atoms with Crippen LogP contribution < -0.4 is 10.2 Å². The molecule has 138 valence electrons. The number of β-amino-alcohol motifs (C(OH)–C–C–N with tert-alkyl or cyclic N) is 1. The monoisotopic (exact) mass is 347 g/mol. The van der Waals surface area contributed by atoms with E-state index in [1.54, 1.807) is 18.3 Å². The molecule has 0 amide bonds. The van der Waals surface area contributed by atoms with E-state index in [-0.39, 0.29) is 6.04 Å². The Hall–Kier alpha value is -1.66. The highest BCUT2D eigenvalue weighted by Gasteiger charge is 2.31. The van der Waals surface area contributed by atoms with Crippen LogP contribution in [0.1, 0.15) is 55.3 Å². The Bertz CT molecular complexity index is 573. The number of piperidine rings is 1. The predicted molar refractivity (Wildman–Crippen MR) is 96.8 cm³/mol. The fraction of sp³-hybridized carbons (Fsp3) is 0.684. The predicted octanol–water partition coefficient (Wildman–Crippen LogP) is 2.12. The van der Waals surface area contributed by atoms with Crippen LogP contribution in [-0.2, 0) is 4.74 Å². The number of nitrogens with zero attached hydrogens (tertiary/aromatic N) is 2. The number of hydrogen-bond acceptors (Lipinski definition) is 6. The lowest BCUT2D eigenvalue weighted by molar-refractivity contribution is 0.0599. The zero-order chi connectivity index (χ0) is 17.6. The highest BCUT2D eigenvalue weighted by Crippen LogP contribution is 2.24. The molecule has 1 aromatic heterocycles. The first-order chi connectivity index (χ1) is 12.2. The van der Waals surface area contributed by atoms with Gasteiger partial charge in [-0.2, -0.15) is 0 Å². The van der Waals surface area contributed by atoms with Gasteiger partial charge < -0.3 is 20.1 Å². The molecule has 6 heteroatoms. The zero-order valence-corrected chi connectivity index (χ0v) is 15.0. The van der Waals surface area contributed by atoms with Crippen LogP contribution in [-0.4, -0.2) is 54.4 Å². The van der Waals surface area contributed by atoms with Crippen molar-refractivity contribution in [1.29, 1.82) is 0 Å². The van der Waals surface area contributed by atoms with Gasteiger partial charge in [0.05, 0.1) is 13.2 Å². The summed E-state index contributed by atoms with van der Waals surface area (Å²) in [6.45, 7) is 1.24. The number of pyridine rings is 1. The van der Waals surface area contributed by atoms with Gasteiger partial charge in [0.25, 0.3) is 0 Å². The van der Waals surface area contributed by atoms with Gasteiger partial charge in [-0.15, -0.1) is 0 Å². The molecule has 1 aliphatic heterocycles. The van der Waals surface area contributed by atoms with Gasteiger partial charge in [0.15, 0.2) is 0 Å². The molecule has 0 spiro atoms. The fourth-order valence-corrected chi connectivity index (χ4v) is 3.99. The van der Waals surface area contributed by atoms with Crippen molar-refractivity contribution in [3.8, 4) is 0 Å². The molecule has 1 aliphatic carbocycles. The molecular weight excluding hydrogens is 318 g/mol. The van der Waals surface area contributed by atoms with Crippen molar-refractivity contribution in [2.24, 2.45) is 0 Å². The molecule has 2 heterocycles. The third-order valence-corrected chi connectivity index (χ3v) is 5.38. The Balaban J connectivity index is 1.63. The summed E-state index contributed by atoms with van der Waals surface area (Å²) in [6.07, 6.45) is 9.68. The van der Waals surface area contributed by atoms with Gasteiger partial charge in [-0.25, -0.2) is 9.78 Å². The second kappa shape index (κ2) is 8.63. The molecular formula is C19H29N3O3. The maximum absolute atomic E-state index is 12.0. The number of aliphatic hydroxyl groups excluding tert-OH is 1. The number of aliphatic hydroxyl groups is 1. The first-order valence-corrected chi connectivity index (χ1v) is 9.41. The number of aromatic nitrogens is 1. The number of hydrogen-bond donors (Lipinski definition) is 2. The van der Waals surface area contributed by atoms with E-state index >= 15 is 0 Å². The van der Waals surface area contributed by atoms with Crippen molar-refractivity contribution in [3.63, 3.8) is 0 Å². The number of anilines is 1. The van der Waals surface area contributed by atoms with Crippen LogP contribution in [0.15, 0.2) is 18.3 Å². The van der Waals surface area contributed by atoms with Crippen molar-refractivity contribution < 1.29 is 14.6 Å². The first-order valence-electron chi connectivity index (χ1n) is 9.41. The molecule has 1 saturated heterocycles. The van der Waals surface area contributed by atoms with Crippen LogP contribution in [0.2, 0.25) is 0 Å². The van der Waals surface area contributed by atoms with Crippen molar-refractivity contribution in [3.05, 3.63) is 23.9 Å². The van der Waals surface area contributed by atoms with E-state index in [0.29, 0.717) is 24.0 Å². The van der Waals surface area contributed by atoms with E-state index in [4.69, 9.17) is 4.74 Å². The van der Waals surface area contributed by atoms with E-state index in [1.807, 2.05) is 4.90 Å². The lowest BCUT2D eigenvalue weighted by Crippen LogP contribution is -2.55. The van der Waals surface area contributed by atoms with Gasteiger partial charge in [-0.05, 0) is 31.4 Å². The topological polar surface area (TPSA) is 74.7 Å². The average Bonchev–Trinajstić information content (AvgIpc) is 2.91. The lowest BCUT2D eigenvalue weighted by atomic mass is 9.98. The molecule has 1 saturated carbocycles. The van der Waals surface area contributed by atoms with Gasteiger partial charge in [0, 0.05) is 31.4 Å². The maximum atomic E-state index is 12.0. The van der Waals surface area contributed by atoms with E-state index in [1.165, 1.54) is 45.6 Å². The molecule has 0 radical (unpaired) electrons. The van der Waals surface area contributed by atoms with Gasteiger partial charge >= 0.3 is 5.97 Å². The Labute approximate surface area is 149 Å². The van der Waals surface area contributed by atoms with E-state index in [0.717, 1.165) is 13.0 Å². The minimum atomic E-state index is -0.468. The van der Waals surface area contributed by atoms with Crippen molar-refractivity contribution in [1.82, 2.24) is 10.3 Å². The molecule has 25 heavy (non-hydrogen) atoms. The lowest BCUT2D eigenvalue weighted by Gasteiger charge is -2.39. The number of carbonyl (C=O) groups is 1. The van der Waals surface area contributed by atoms with Gasteiger partial charge in [0.1, 0.15) is 11.4 Å². The largest absolute Gasteiger partial charge is 0.465 e. The van der Waals surface area contributed by atoms with Crippen LogP contribution in [0.25, 0.3) is 0 Å². The maximum Gasteiger partial charge on any atom is 0.341 e. The molecule has 3 rings (SSSR count). The standard InChI is InChI=1S/C19H29N3O3/c1-25-19(24)15-9-6-11-20-18(15)22-12-10-16(17(23)13-22)21-14-7-4-2-3-5-8-14/h6,9,11,14,16-17,21,23H,2-5,7-8,10,12-13H2,1H3. The van der Waals surface area contributed by atoms with Crippen molar-refractivity contribution >= 4 is 11.8 Å². The van der Waals surface area contributed by atoms with E-state index < -0.39 is 12.1 Å². The summed E-state index contributed by atoms with van der Waals surface area (Å²) in [4.78, 5) is 18.3. The fourth-order valence-electron chi connectivity index (χ4n) is 3.99. The molecule has 0 bridgehead atoms. The SMILES string of the molecule is COC(=O)c1cccnc1N1CCC(NC2CCCCCC2)C(O)C1. The van der Waals surface area contributed by atoms with E-state index in [2.05, 4.69) is 10.3 Å². The Morgan fingerprint density at radius 3 is 2.72 bits per heavy atom. The summed E-state index contributed by atoms with van der Waals surface area (Å²) in [6, 6.07) is 4.09. The van der Waals surface area contributed by atoms with Crippen LogP contribution >= 0.6 is 0 Å². The second-order valence-corrected chi connectivity index (χ2v) is 7.13. The minimum Gasteiger partial charge on any atom is -0.465 e. The second-order valence-electron chi connectivity index (χ2n) is 7.13. The average molecular weight is 347 g/mol. The molecule has 0 aromatic carbocycles. The smallest absolute Gasteiger partial charge is 0.341 e. The van der Waals surface area contributed by atoms with Crippen molar-refractivity contribution in [2.45, 2.75) is 63.1 Å². The van der Waals surface area contributed by atoms with E-state index in [9.17, 15) is 9.90 Å². The molecule has 1 aromatic rings. The number of carbonyl (C=O) groups excluding carboxylic acids is 1. The zero-order valence-electron chi connectivity index (χ0n) is 15.0.